The van der Waals surface area contributed by atoms with E-state index in [0.717, 1.165) is 12.1 Å². The summed E-state index contributed by atoms with van der Waals surface area (Å²) in [4.78, 5) is 12.0. The molecule has 10 heteroatoms. The maximum absolute atomic E-state index is 12.1. The minimum atomic E-state index is -4.77. The molecule has 0 unspecified atom stereocenters. The number of rotatable bonds is 2. The Hall–Kier alpha value is -2.49. The molecule has 7 nitrogen and oxygen atoms in total. The van der Waals surface area contributed by atoms with Crippen molar-refractivity contribution in [3.8, 4) is 5.75 Å². The number of carbonyl (C=O) groups is 1. The first-order valence-corrected chi connectivity index (χ1v) is 5.76. The van der Waals surface area contributed by atoms with Crippen molar-refractivity contribution < 1.29 is 22.7 Å². The number of nitrogens with one attached hydrogen (secondary N) is 3. The number of benzene rings is 1. The van der Waals surface area contributed by atoms with E-state index in [-0.39, 0.29) is 17.3 Å². The number of nitrogens with zero attached hydrogens (tertiary/aromatic N) is 2. The molecule has 114 valence electrons. The largest absolute Gasteiger partial charge is 0.573 e. The summed E-state index contributed by atoms with van der Waals surface area (Å²) in [5.41, 5.74) is 5.59. The van der Waals surface area contributed by atoms with Crippen molar-refractivity contribution in [1.29, 1.82) is 0 Å². The molecule has 1 aliphatic heterocycles. The first kappa shape index (κ1) is 14.9. The number of guanidine groups is 1. The Balaban J connectivity index is 2.11. The Morgan fingerprint density at radius 1 is 1.43 bits per heavy atom. The Labute approximate surface area is 117 Å². The number of hydrazone groups is 1. The molecule has 0 bridgehead atoms. The number of halogens is 3. The molecular weight excluding hydrogens is 291 g/mol. The summed E-state index contributed by atoms with van der Waals surface area (Å²) in [6.45, 7) is 1.51. The zero-order chi connectivity index (χ0) is 15.6. The lowest BCUT2D eigenvalue weighted by Gasteiger charge is -2.14. The summed E-state index contributed by atoms with van der Waals surface area (Å²) in [5, 5.41) is 7.68. The van der Waals surface area contributed by atoms with Crippen LogP contribution in [0, 0.1) is 6.92 Å². The van der Waals surface area contributed by atoms with Crippen LogP contribution in [-0.2, 0) is 0 Å². The van der Waals surface area contributed by atoms with Crippen molar-refractivity contribution in [2.24, 2.45) is 5.10 Å². The fraction of sp³-hybridized carbons (Fsp3) is 0.273. The average molecular weight is 303 g/mol. The molecule has 1 aromatic rings. The minimum Gasteiger partial charge on any atom is -0.406 e. The Bertz CT molecular complexity index is 588. The van der Waals surface area contributed by atoms with Crippen LogP contribution >= 0.6 is 0 Å². The van der Waals surface area contributed by atoms with Crippen molar-refractivity contribution >= 4 is 11.9 Å². The highest BCUT2D eigenvalue weighted by molar-refractivity contribution is 6.06. The Morgan fingerprint density at radius 2 is 2.14 bits per heavy atom. The molecule has 0 saturated carbocycles. The van der Waals surface area contributed by atoms with E-state index in [4.69, 9.17) is 0 Å². The number of alkyl halides is 3. The summed E-state index contributed by atoms with van der Waals surface area (Å²) < 4.78 is 40.1. The van der Waals surface area contributed by atoms with Crippen LogP contribution in [0.3, 0.4) is 0 Å². The zero-order valence-electron chi connectivity index (χ0n) is 11.1. The molecule has 2 rings (SSSR count). The van der Waals surface area contributed by atoms with Crippen LogP contribution in [0.5, 0.6) is 5.75 Å². The van der Waals surface area contributed by atoms with Gasteiger partial charge in [-0.15, -0.1) is 23.8 Å². The molecule has 21 heavy (non-hydrogen) atoms. The van der Waals surface area contributed by atoms with Crippen LogP contribution in [-0.4, -0.2) is 30.3 Å². The Morgan fingerprint density at radius 3 is 2.67 bits per heavy atom. The van der Waals surface area contributed by atoms with Crippen LogP contribution in [0.1, 0.15) is 15.9 Å². The smallest absolute Gasteiger partial charge is 0.406 e. The van der Waals surface area contributed by atoms with Crippen LogP contribution in [0.2, 0.25) is 0 Å². The summed E-state index contributed by atoms with van der Waals surface area (Å²) in [5.74, 6) is -0.646. The SMILES string of the molecule is Cc1cc(OC(F)(F)F)ccc1C(=O)NC1=NNNN1C. The van der Waals surface area contributed by atoms with E-state index in [1.165, 1.54) is 18.0 Å². The summed E-state index contributed by atoms with van der Waals surface area (Å²) in [6, 6.07) is 3.47. The van der Waals surface area contributed by atoms with E-state index in [0.29, 0.717) is 5.56 Å². The van der Waals surface area contributed by atoms with Gasteiger partial charge in [-0.2, -0.15) is 0 Å². The second kappa shape index (κ2) is 5.48. The number of hydrazine groups is 2. The predicted molar refractivity (Wildman–Crippen MR) is 66.8 cm³/mol. The van der Waals surface area contributed by atoms with Gasteiger partial charge in [0.05, 0.1) is 0 Å². The minimum absolute atomic E-state index is 0.215. The number of aryl methyl sites for hydroxylation is 1. The fourth-order valence-electron chi connectivity index (χ4n) is 1.65. The number of ether oxygens (including phenoxy) is 1. The van der Waals surface area contributed by atoms with Crippen LogP contribution in [0.4, 0.5) is 13.2 Å². The quantitative estimate of drug-likeness (QED) is 0.755. The average Bonchev–Trinajstić information content (AvgIpc) is 2.72. The lowest BCUT2D eigenvalue weighted by atomic mass is 10.1. The van der Waals surface area contributed by atoms with Gasteiger partial charge in [0.1, 0.15) is 5.75 Å². The highest BCUT2D eigenvalue weighted by Gasteiger charge is 2.31. The van der Waals surface area contributed by atoms with E-state index in [2.05, 4.69) is 26.2 Å². The van der Waals surface area contributed by atoms with E-state index in [1.807, 2.05) is 0 Å². The molecule has 1 amide bonds. The topological polar surface area (TPSA) is 78.0 Å². The summed E-state index contributed by atoms with van der Waals surface area (Å²) >= 11 is 0. The van der Waals surface area contributed by atoms with Gasteiger partial charge >= 0.3 is 6.36 Å². The molecule has 1 aromatic carbocycles. The van der Waals surface area contributed by atoms with Gasteiger partial charge in [0, 0.05) is 12.6 Å². The molecule has 1 aliphatic rings. The zero-order valence-corrected chi connectivity index (χ0v) is 11.1. The third kappa shape index (κ3) is 3.75. The fourth-order valence-corrected chi connectivity index (χ4v) is 1.65. The molecule has 1 heterocycles. The number of carbonyl (C=O) groups excluding carboxylic acids is 1. The maximum atomic E-state index is 12.1. The third-order valence-electron chi connectivity index (χ3n) is 2.60. The molecular formula is C11H12F3N5O2. The monoisotopic (exact) mass is 303 g/mol. The predicted octanol–water partition coefficient (Wildman–Crippen LogP) is 0.849. The molecule has 0 aliphatic carbocycles. The first-order valence-electron chi connectivity index (χ1n) is 5.76. The second-order valence-electron chi connectivity index (χ2n) is 4.20. The molecule has 0 aromatic heterocycles. The van der Waals surface area contributed by atoms with Crippen LogP contribution in [0.25, 0.3) is 0 Å². The molecule has 0 fully saturated rings. The van der Waals surface area contributed by atoms with Gasteiger partial charge in [0.25, 0.3) is 5.91 Å². The van der Waals surface area contributed by atoms with Crippen LogP contribution < -0.4 is 21.1 Å². The standard InChI is InChI=1S/C11H12F3N5O2/c1-6-5-7(21-11(12,13)14)3-4-8(6)9(20)15-10-16-17-18-19(10)2/h3-5,17-18H,1-2H3,(H,15,16,20). The lowest BCUT2D eigenvalue weighted by Crippen LogP contribution is -2.45. The molecule has 0 saturated heterocycles. The van der Waals surface area contributed by atoms with Gasteiger partial charge in [-0.1, -0.05) is 0 Å². The number of hydrogen-bond acceptors (Lipinski definition) is 6. The molecule has 0 spiro atoms. The van der Waals surface area contributed by atoms with Gasteiger partial charge in [-0.05, 0) is 30.7 Å². The number of amides is 1. The van der Waals surface area contributed by atoms with Crippen molar-refractivity contribution in [2.45, 2.75) is 13.3 Å². The highest BCUT2D eigenvalue weighted by Crippen LogP contribution is 2.24. The maximum Gasteiger partial charge on any atom is 0.573 e. The van der Waals surface area contributed by atoms with E-state index < -0.39 is 12.3 Å². The van der Waals surface area contributed by atoms with Gasteiger partial charge in [0.2, 0.25) is 5.96 Å². The van der Waals surface area contributed by atoms with Gasteiger partial charge < -0.3 is 4.74 Å². The summed E-state index contributed by atoms with van der Waals surface area (Å²) in [6.07, 6.45) is -4.77. The number of hydrogen-bond donors (Lipinski definition) is 3. The van der Waals surface area contributed by atoms with Crippen molar-refractivity contribution in [3.63, 3.8) is 0 Å². The van der Waals surface area contributed by atoms with Gasteiger partial charge in [-0.25, -0.2) is 5.53 Å². The molecule has 0 radical (unpaired) electrons. The van der Waals surface area contributed by atoms with Crippen molar-refractivity contribution in [2.75, 3.05) is 7.05 Å². The first-order chi connectivity index (χ1) is 9.76. The Kier molecular flexibility index (Phi) is 3.89. The third-order valence-corrected chi connectivity index (χ3v) is 2.60. The van der Waals surface area contributed by atoms with Crippen molar-refractivity contribution in [3.05, 3.63) is 29.3 Å². The van der Waals surface area contributed by atoms with E-state index >= 15 is 0 Å². The second-order valence-corrected chi connectivity index (χ2v) is 4.20. The summed E-state index contributed by atoms with van der Waals surface area (Å²) in [7, 11) is 1.62. The highest BCUT2D eigenvalue weighted by atomic mass is 19.4. The van der Waals surface area contributed by atoms with E-state index in [9.17, 15) is 18.0 Å². The molecule has 3 N–H and O–H groups in total. The van der Waals surface area contributed by atoms with Crippen molar-refractivity contribution in [1.82, 2.24) is 21.4 Å². The molecule has 0 atom stereocenters. The van der Waals surface area contributed by atoms with Gasteiger partial charge in [0.15, 0.2) is 0 Å². The van der Waals surface area contributed by atoms with Crippen LogP contribution in [0.15, 0.2) is 23.3 Å². The van der Waals surface area contributed by atoms with Gasteiger partial charge in [-0.3, -0.25) is 15.1 Å². The normalized spacial score (nSPS) is 14.5. The lowest BCUT2D eigenvalue weighted by molar-refractivity contribution is -0.274. The van der Waals surface area contributed by atoms with E-state index in [1.54, 1.807) is 7.05 Å².